The molecule has 0 N–H and O–H groups in total. The summed E-state index contributed by atoms with van der Waals surface area (Å²) in [6, 6.07) is 8.76. The quantitative estimate of drug-likeness (QED) is 0.581. The second kappa shape index (κ2) is 3.68. The summed E-state index contributed by atoms with van der Waals surface area (Å²) in [4.78, 5) is 0. The van der Waals surface area contributed by atoms with Gasteiger partial charge < -0.3 is 0 Å². The number of rotatable bonds is 1. The summed E-state index contributed by atoms with van der Waals surface area (Å²) >= 11 is 0. The van der Waals surface area contributed by atoms with Crippen LogP contribution in [0, 0.1) is 18.3 Å². The molecule has 0 heterocycles. The van der Waals surface area contributed by atoms with E-state index in [0.717, 1.165) is 11.1 Å². The third-order valence-corrected chi connectivity index (χ3v) is 1.58. The smallest absolute Gasteiger partial charge is 0.195 e. The van der Waals surface area contributed by atoms with Crippen LogP contribution < -0.4 is 0 Å². The summed E-state index contributed by atoms with van der Waals surface area (Å²) in [5.41, 5.74) is 1.71. The van der Waals surface area contributed by atoms with Crippen molar-refractivity contribution in [3.05, 3.63) is 41.2 Å². The number of nitriles is 1. The molecular formula is C10H8FN. The highest BCUT2D eigenvalue weighted by Crippen LogP contribution is 2.11. The van der Waals surface area contributed by atoms with Crippen LogP contribution in [0.15, 0.2) is 30.1 Å². The highest BCUT2D eigenvalue weighted by Gasteiger charge is 1.95. The van der Waals surface area contributed by atoms with E-state index in [1.54, 1.807) is 6.07 Å². The summed E-state index contributed by atoms with van der Waals surface area (Å²) in [5.74, 6) is -0.760. The Morgan fingerprint density at radius 2 is 2.17 bits per heavy atom. The highest BCUT2D eigenvalue weighted by molar-refractivity contribution is 5.57. The lowest BCUT2D eigenvalue weighted by atomic mass is 10.1. The zero-order valence-electron chi connectivity index (χ0n) is 6.71. The molecule has 0 radical (unpaired) electrons. The van der Waals surface area contributed by atoms with Crippen LogP contribution in [0.5, 0.6) is 0 Å². The fraction of sp³-hybridized carbons (Fsp3) is 0.100. The molecule has 0 bridgehead atoms. The van der Waals surface area contributed by atoms with E-state index in [1.165, 1.54) is 12.1 Å². The van der Waals surface area contributed by atoms with Gasteiger partial charge in [-0.2, -0.15) is 9.65 Å². The van der Waals surface area contributed by atoms with Crippen LogP contribution in [0.1, 0.15) is 11.1 Å². The van der Waals surface area contributed by atoms with Crippen molar-refractivity contribution in [3.63, 3.8) is 0 Å². The van der Waals surface area contributed by atoms with Gasteiger partial charge in [0.05, 0.1) is 0 Å². The van der Waals surface area contributed by atoms with Crippen LogP contribution >= 0.6 is 0 Å². The lowest BCUT2D eigenvalue weighted by Crippen LogP contribution is -1.78. The van der Waals surface area contributed by atoms with Gasteiger partial charge in [-0.05, 0) is 24.1 Å². The minimum absolute atomic E-state index is 0.747. The Bertz CT molecular complexity index is 347. The van der Waals surface area contributed by atoms with Crippen LogP contribution in [0.3, 0.4) is 0 Å². The summed E-state index contributed by atoms with van der Waals surface area (Å²) in [6.45, 7) is 1.87. The van der Waals surface area contributed by atoms with Gasteiger partial charge in [0.25, 0.3) is 0 Å². The van der Waals surface area contributed by atoms with E-state index < -0.39 is 5.83 Å². The van der Waals surface area contributed by atoms with Crippen molar-refractivity contribution < 1.29 is 4.39 Å². The number of halogens is 1. The number of aryl methyl sites for hydroxylation is 1. The molecule has 0 fully saturated rings. The van der Waals surface area contributed by atoms with Crippen LogP contribution in [0.2, 0.25) is 0 Å². The molecular weight excluding hydrogens is 153 g/mol. The SMILES string of the molecule is Cc1ccccc1/C=C(\F)C#N. The first kappa shape index (κ1) is 8.48. The van der Waals surface area contributed by atoms with Gasteiger partial charge in [0.2, 0.25) is 5.83 Å². The minimum Gasteiger partial charge on any atom is -0.195 e. The summed E-state index contributed by atoms with van der Waals surface area (Å²) in [5, 5.41) is 8.19. The molecule has 0 amide bonds. The van der Waals surface area contributed by atoms with E-state index in [9.17, 15) is 4.39 Å². The molecule has 60 valence electrons. The van der Waals surface area contributed by atoms with E-state index in [0.29, 0.717) is 0 Å². The van der Waals surface area contributed by atoms with Gasteiger partial charge in [0.1, 0.15) is 6.07 Å². The van der Waals surface area contributed by atoms with Crippen molar-refractivity contribution in [2.75, 3.05) is 0 Å². The van der Waals surface area contributed by atoms with Crippen LogP contribution in [-0.4, -0.2) is 0 Å². The third-order valence-electron chi connectivity index (χ3n) is 1.58. The molecule has 1 aromatic rings. The Kier molecular flexibility index (Phi) is 2.60. The van der Waals surface area contributed by atoms with Gasteiger partial charge in [0.15, 0.2) is 0 Å². The molecule has 2 heteroatoms. The van der Waals surface area contributed by atoms with Crippen molar-refractivity contribution in [1.82, 2.24) is 0 Å². The van der Waals surface area contributed by atoms with Crippen molar-refractivity contribution in [2.24, 2.45) is 0 Å². The van der Waals surface area contributed by atoms with Gasteiger partial charge >= 0.3 is 0 Å². The van der Waals surface area contributed by atoms with Crippen molar-refractivity contribution in [2.45, 2.75) is 6.92 Å². The van der Waals surface area contributed by atoms with Crippen molar-refractivity contribution in [3.8, 4) is 6.07 Å². The number of hydrogen-bond acceptors (Lipinski definition) is 1. The fourth-order valence-electron chi connectivity index (χ4n) is 0.918. The van der Waals surface area contributed by atoms with Gasteiger partial charge in [-0.25, -0.2) is 0 Å². The first-order valence-electron chi connectivity index (χ1n) is 3.57. The summed E-state index contributed by atoms with van der Waals surface area (Å²) in [7, 11) is 0. The Hall–Kier alpha value is -1.62. The molecule has 0 saturated heterocycles. The molecule has 0 saturated carbocycles. The number of benzene rings is 1. The maximum Gasteiger partial charge on any atom is 0.200 e. The van der Waals surface area contributed by atoms with E-state index in [2.05, 4.69) is 0 Å². The first-order valence-corrected chi connectivity index (χ1v) is 3.57. The fourth-order valence-corrected chi connectivity index (χ4v) is 0.918. The van der Waals surface area contributed by atoms with E-state index in [4.69, 9.17) is 5.26 Å². The molecule has 0 atom stereocenters. The molecule has 12 heavy (non-hydrogen) atoms. The zero-order chi connectivity index (χ0) is 8.97. The molecule has 0 aromatic heterocycles. The van der Waals surface area contributed by atoms with E-state index >= 15 is 0 Å². The van der Waals surface area contributed by atoms with Crippen molar-refractivity contribution >= 4 is 6.08 Å². The first-order chi connectivity index (χ1) is 5.74. The number of allylic oxidation sites excluding steroid dienone is 1. The molecule has 0 aliphatic carbocycles. The maximum absolute atomic E-state index is 12.5. The number of nitrogens with zero attached hydrogens (tertiary/aromatic N) is 1. The van der Waals surface area contributed by atoms with Gasteiger partial charge in [-0.15, -0.1) is 0 Å². The molecule has 1 aromatic carbocycles. The van der Waals surface area contributed by atoms with Gasteiger partial charge in [-0.3, -0.25) is 0 Å². The topological polar surface area (TPSA) is 23.8 Å². The molecule has 1 nitrogen and oxygen atoms in total. The Morgan fingerprint density at radius 3 is 2.75 bits per heavy atom. The van der Waals surface area contributed by atoms with Crippen molar-refractivity contribution in [1.29, 1.82) is 5.26 Å². The summed E-state index contributed by atoms with van der Waals surface area (Å²) in [6.07, 6.45) is 1.23. The highest BCUT2D eigenvalue weighted by atomic mass is 19.1. The third kappa shape index (κ3) is 1.93. The largest absolute Gasteiger partial charge is 0.200 e. The average molecular weight is 161 g/mol. The lowest BCUT2D eigenvalue weighted by molar-refractivity contribution is 0.679. The standard InChI is InChI=1S/C10H8FN/c1-8-4-2-3-5-9(8)6-10(11)7-12/h2-6H,1H3/b10-6-. The molecule has 0 aliphatic rings. The molecule has 0 unspecified atom stereocenters. The second-order valence-electron chi connectivity index (χ2n) is 2.46. The average Bonchev–Trinajstić information content (AvgIpc) is 2.09. The zero-order valence-corrected chi connectivity index (χ0v) is 6.71. The van der Waals surface area contributed by atoms with Crippen LogP contribution in [-0.2, 0) is 0 Å². The molecule has 0 aliphatic heterocycles. The van der Waals surface area contributed by atoms with E-state index in [-0.39, 0.29) is 0 Å². The van der Waals surface area contributed by atoms with Crippen LogP contribution in [0.4, 0.5) is 4.39 Å². The Morgan fingerprint density at radius 1 is 1.50 bits per heavy atom. The monoisotopic (exact) mass is 161 g/mol. The van der Waals surface area contributed by atoms with Gasteiger partial charge in [0, 0.05) is 0 Å². The van der Waals surface area contributed by atoms with E-state index in [1.807, 2.05) is 25.1 Å². The molecule has 0 spiro atoms. The molecule has 1 rings (SSSR count). The Labute approximate surface area is 70.8 Å². The van der Waals surface area contributed by atoms with Gasteiger partial charge in [-0.1, -0.05) is 24.3 Å². The predicted octanol–water partition coefficient (Wildman–Crippen LogP) is 2.83. The predicted molar refractivity (Wildman–Crippen MR) is 45.9 cm³/mol. The second-order valence-corrected chi connectivity index (χ2v) is 2.46. The Balaban J connectivity index is 3.06. The number of hydrogen-bond donors (Lipinski definition) is 0. The minimum atomic E-state index is -0.760. The normalized spacial score (nSPS) is 10.9. The maximum atomic E-state index is 12.5. The summed E-state index contributed by atoms with van der Waals surface area (Å²) < 4.78 is 12.5. The van der Waals surface area contributed by atoms with Crippen LogP contribution in [0.25, 0.3) is 6.08 Å². The lowest BCUT2D eigenvalue weighted by Gasteiger charge is -1.96.